The Hall–Kier alpha value is -1.86. The first-order valence-corrected chi connectivity index (χ1v) is 7.01. The van der Waals surface area contributed by atoms with Crippen molar-refractivity contribution in [3.63, 3.8) is 0 Å². The summed E-state index contributed by atoms with van der Waals surface area (Å²) in [4.78, 5) is 15.0. The lowest BCUT2D eigenvalue weighted by Gasteiger charge is -2.33. The van der Waals surface area contributed by atoms with Crippen LogP contribution in [0.25, 0.3) is 0 Å². The number of amides is 1. The Morgan fingerprint density at radius 3 is 2.57 bits per heavy atom. The molecular weight excluding hydrogens is 277 g/mol. The average molecular weight is 295 g/mol. The topological polar surface area (TPSA) is 56.2 Å². The summed E-state index contributed by atoms with van der Waals surface area (Å²) in [6.45, 7) is 4.33. The van der Waals surface area contributed by atoms with Crippen molar-refractivity contribution in [1.82, 2.24) is 5.06 Å². The van der Waals surface area contributed by atoms with E-state index in [0.717, 1.165) is 0 Å². The van der Waals surface area contributed by atoms with Gasteiger partial charge in [0.2, 0.25) is 0 Å². The normalized spacial score (nSPS) is 23.6. The number of ether oxygens (including phenoxy) is 1. The molecule has 0 aliphatic carbocycles. The Bertz CT molecular complexity index is 546. The molecule has 3 rings (SSSR count). The van der Waals surface area contributed by atoms with Gasteiger partial charge in [0.05, 0.1) is 17.9 Å². The number of piperazine rings is 1. The van der Waals surface area contributed by atoms with Crippen molar-refractivity contribution in [2.45, 2.75) is 13.0 Å². The van der Waals surface area contributed by atoms with E-state index in [1.165, 1.54) is 16.0 Å². The third-order valence-corrected chi connectivity index (χ3v) is 3.80. The Kier molecular flexibility index (Phi) is 3.69. The third-order valence-electron chi connectivity index (χ3n) is 3.80. The van der Waals surface area contributed by atoms with Crippen molar-refractivity contribution in [1.29, 1.82) is 0 Å². The summed E-state index contributed by atoms with van der Waals surface area (Å²) in [7, 11) is 0. The molecule has 6 nitrogen and oxygen atoms in total. The van der Waals surface area contributed by atoms with E-state index in [1.807, 2.05) is 4.90 Å². The number of benzene rings is 1. The van der Waals surface area contributed by atoms with Crippen molar-refractivity contribution in [2.24, 2.45) is 0 Å². The smallest absolute Gasteiger partial charge is 0.414 e. The van der Waals surface area contributed by atoms with Crippen LogP contribution in [0.5, 0.6) is 0 Å². The molecule has 0 radical (unpaired) electrons. The largest absolute Gasteiger partial charge is 0.444 e. The number of cyclic esters (lactones) is 1. The molecule has 2 saturated heterocycles. The number of hydroxylamine groups is 2. The van der Waals surface area contributed by atoms with Crippen LogP contribution >= 0.6 is 0 Å². The number of carbonyl (C=O) groups excluding carboxylic acids is 1. The summed E-state index contributed by atoms with van der Waals surface area (Å²) >= 11 is 0. The van der Waals surface area contributed by atoms with E-state index in [1.54, 1.807) is 19.1 Å². The van der Waals surface area contributed by atoms with Gasteiger partial charge in [0.15, 0.2) is 0 Å². The zero-order valence-electron chi connectivity index (χ0n) is 11.8. The van der Waals surface area contributed by atoms with Crippen LogP contribution in [0.1, 0.15) is 6.92 Å². The molecule has 0 bridgehead atoms. The van der Waals surface area contributed by atoms with E-state index >= 15 is 0 Å². The zero-order chi connectivity index (χ0) is 15.0. The predicted octanol–water partition coefficient (Wildman–Crippen LogP) is 1.68. The van der Waals surface area contributed by atoms with Crippen molar-refractivity contribution < 1.29 is 19.1 Å². The van der Waals surface area contributed by atoms with Gasteiger partial charge < -0.3 is 14.8 Å². The Balaban J connectivity index is 1.78. The molecule has 2 aliphatic rings. The van der Waals surface area contributed by atoms with E-state index < -0.39 is 6.09 Å². The zero-order valence-corrected chi connectivity index (χ0v) is 11.8. The second kappa shape index (κ2) is 5.50. The lowest BCUT2D eigenvalue weighted by Crippen LogP contribution is -2.45. The first-order valence-electron chi connectivity index (χ1n) is 7.01. The van der Waals surface area contributed by atoms with Gasteiger partial charge in [0.25, 0.3) is 0 Å². The molecule has 1 N–H and O–H groups in total. The van der Waals surface area contributed by atoms with E-state index in [4.69, 9.17) is 4.74 Å². The van der Waals surface area contributed by atoms with Crippen LogP contribution in [-0.2, 0) is 4.74 Å². The van der Waals surface area contributed by atoms with E-state index in [9.17, 15) is 14.4 Å². The molecule has 0 aromatic heterocycles. The van der Waals surface area contributed by atoms with E-state index in [2.05, 4.69) is 0 Å². The number of hydrogen-bond acceptors (Lipinski definition) is 5. The number of nitrogens with zero attached hydrogens (tertiary/aromatic N) is 3. The molecule has 0 unspecified atom stereocenters. The number of hydrogen-bond donors (Lipinski definition) is 1. The predicted molar refractivity (Wildman–Crippen MR) is 75.3 cm³/mol. The molecule has 2 heterocycles. The van der Waals surface area contributed by atoms with Crippen molar-refractivity contribution >= 4 is 17.5 Å². The van der Waals surface area contributed by atoms with Gasteiger partial charge in [-0.05, 0) is 25.1 Å². The quantitative estimate of drug-likeness (QED) is 0.899. The van der Waals surface area contributed by atoms with Crippen LogP contribution in [0.3, 0.4) is 0 Å². The molecule has 114 valence electrons. The summed E-state index contributed by atoms with van der Waals surface area (Å²) in [5.41, 5.74) is 0.999. The van der Waals surface area contributed by atoms with Crippen LogP contribution in [-0.4, -0.2) is 55.2 Å². The molecule has 1 aromatic carbocycles. The SMILES string of the molecule is C[C@H]1CN(c2ccc(N3CCN(O)CC3)c(F)c2)C(=O)O1. The Morgan fingerprint density at radius 2 is 2.00 bits per heavy atom. The molecular formula is C14H18FN3O3. The lowest BCUT2D eigenvalue weighted by molar-refractivity contribution is -0.0936. The highest BCUT2D eigenvalue weighted by atomic mass is 19.1. The van der Waals surface area contributed by atoms with Crippen molar-refractivity contribution in [3.05, 3.63) is 24.0 Å². The number of carbonyl (C=O) groups is 1. The van der Waals surface area contributed by atoms with Crippen LogP contribution < -0.4 is 9.80 Å². The van der Waals surface area contributed by atoms with Gasteiger partial charge >= 0.3 is 6.09 Å². The Morgan fingerprint density at radius 1 is 1.29 bits per heavy atom. The summed E-state index contributed by atoms with van der Waals surface area (Å²) < 4.78 is 19.4. The molecule has 1 atom stereocenters. The van der Waals surface area contributed by atoms with Crippen LogP contribution in [0.4, 0.5) is 20.6 Å². The monoisotopic (exact) mass is 295 g/mol. The standard InChI is InChI=1S/C14H18FN3O3/c1-10-9-18(14(19)21-10)11-2-3-13(12(15)8-11)16-4-6-17(20)7-5-16/h2-3,8,10,20H,4-7,9H2,1H3/t10-/m0/s1. The molecule has 1 amide bonds. The summed E-state index contributed by atoms with van der Waals surface area (Å²) in [5.74, 6) is -0.369. The van der Waals surface area contributed by atoms with Crippen LogP contribution in [0.2, 0.25) is 0 Å². The second-order valence-corrected chi connectivity index (χ2v) is 5.38. The summed E-state index contributed by atoms with van der Waals surface area (Å²) in [6.07, 6.45) is -0.624. The molecule has 2 aliphatic heterocycles. The van der Waals surface area contributed by atoms with Gasteiger partial charge in [0, 0.05) is 26.2 Å². The minimum atomic E-state index is -0.441. The van der Waals surface area contributed by atoms with Crippen LogP contribution in [0, 0.1) is 5.82 Å². The average Bonchev–Trinajstić information content (AvgIpc) is 2.79. The van der Waals surface area contributed by atoms with Gasteiger partial charge in [-0.15, -0.1) is 0 Å². The number of halogens is 1. The van der Waals surface area contributed by atoms with E-state index in [0.29, 0.717) is 44.1 Å². The fourth-order valence-corrected chi connectivity index (χ4v) is 2.67. The van der Waals surface area contributed by atoms with Crippen LogP contribution in [0.15, 0.2) is 18.2 Å². The maximum Gasteiger partial charge on any atom is 0.414 e. The van der Waals surface area contributed by atoms with E-state index in [-0.39, 0.29) is 11.9 Å². The summed E-state index contributed by atoms with van der Waals surface area (Å²) in [6, 6.07) is 4.76. The fraction of sp³-hybridized carbons (Fsp3) is 0.500. The summed E-state index contributed by atoms with van der Waals surface area (Å²) in [5, 5.41) is 10.6. The number of rotatable bonds is 2. The van der Waals surface area contributed by atoms with Crippen molar-refractivity contribution in [3.8, 4) is 0 Å². The maximum atomic E-state index is 14.3. The van der Waals surface area contributed by atoms with Gasteiger partial charge in [-0.25, -0.2) is 9.18 Å². The van der Waals surface area contributed by atoms with Gasteiger partial charge in [-0.2, -0.15) is 5.06 Å². The molecule has 1 aromatic rings. The van der Waals surface area contributed by atoms with Crippen molar-refractivity contribution in [2.75, 3.05) is 42.5 Å². The molecule has 7 heteroatoms. The van der Waals surface area contributed by atoms with Gasteiger partial charge in [0.1, 0.15) is 11.9 Å². The Labute approximate surface area is 122 Å². The first kappa shape index (κ1) is 14.1. The molecule has 2 fully saturated rings. The highest BCUT2D eigenvalue weighted by Crippen LogP contribution is 2.28. The lowest BCUT2D eigenvalue weighted by atomic mass is 10.2. The fourth-order valence-electron chi connectivity index (χ4n) is 2.67. The molecule has 0 spiro atoms. The van der Waals surface area contributed by atoms with Gasteiger partial charge in [-0.1, -0.05) is 0 Å². The minimum absolute atomic E-state index is 0.183. The number of anilines is 2. The molecule has 21 heavy (non-hydrogen) atoms. The highest BCUT2D eigenvalue weighted by Gasteiger charge is 2.30. The third kappa shape index (κ3) is 2.79. The minimum Gasteiger partial charge on any atom is -0.444 e. The second-order valence-electron chi connectivity index (χ2n) is 5.38. The maximum absolute atomic E-state index is 14.3. The molecule has 0 saturated carbocycles. The highest BCUT2D eigenvalue weighted by molar-refractivity contribution is 5.90. The first-order chi connectivity index (χ1) is 10.0. The van der Waals surface area contributed by atoms with Gasteiger partial charge in [-0.3, -0.25) is 4.90 Å².